The Morgan fingerprint density at radius 3 is 2.72 bits per heavy atom. The number of halogens is 1. The van der Waals surface area contributed by atoms with Crippen molar-refractivity contribution >= 4 is 28.6 Å². The number of rotatable bonds is 3. The highest BCUT2D eigenvalue weighted by molar-refractivity contribution is 14.1. The van der Waals surface area contributed by atoms with E-state index in [-0.39, 0.29) is 5.56 Å². The van der Waals surface area contributed by atoms with Crippen LogP contribution in [-0.2, 0) is 6.54 Å². The minimum Gasteiger partial charge on any atom is -0.478 e. The summed E-state index contributed by atoms with van der Waals surface area (Å²) in [5.41, 5.74) is 0.940. The van der Waals surface area contributed by atoms with E-state index in [1.807, 2.05) is 22.6 Å². The smallest absolute Gasteiger partial charge is 0.335 e. The number of nitrogens with zero attached hydrogens (tertiary/aromatic N) is 4. The average molecular weight is 354 g/mol. The maximum absolute atomic E-state index is 10.7. The lowest BCUT2D eigenvalue weighted by Crippen LogP contribution is -2.00. The molecular weight excluding hydrogens is 347 g/mol. The number of carbonyl (C=O) groups is 1. The molecule has 0 unspecified atom stereocenters. The largest absolute Gasteiger partial charge is 0.478 e. The SMILES string of the molecule is O=C(O)c1ccc(-c2nnn(CC#CI)n2)cc1. The first-order valence-corrected chi connectivity index (χ1v) is 5.98. The summed E-state index contributed by atoms with van der Waals surface area (Å²) >= 11 is 1.94. The van der Waals surface area contributed by atoms with Gasteiger partial charge in [-0.2, -0.15) is 4.80 Å². The van der Waals surface area contributed by atoms with Crippen molar-refractivity contribution in [3.05, 3.63) is 29.8 Å². The fourth-order valence-corrected chi connectivity index (χ4v) is 1.46. The Morgan fingerprint density at radius 1 is 1.39 bits per heavy atom. The van der Waals surface area contributed by atoms with Gasteiger partial charge in [0.05, 0.1) is 5.56 Å². The highest BCUT2D eigenvalue weighted by Gasteiger charge is 2.07. The maximum atomic E-state index is 10.7. The van der Waals surface area contributed by atoms with E-state index in [9.17, 15) is 4.79 Å². The summed E-state index contributed by atoms with van der Waals surface area (Å²) in [6, 6.07) is 6.30. The molecule has 18 heavy (non-hydrogen) atoms. The molecule has 90 valence electrons. The zero-order valence-corrected chi connectivity index (χ0v) is 11.2. The predicted octanol–water partition coefficient (Wildman–Crippen LogP) is 1.43. The van der Waals surface area contributed by atoms with Crippen molar-refractivity contribution in [2.24, 2.45) is 0 Å². The van der Waals surface area contributed by atoms with E-state index in [2.05, 4.69) is 25.3 Å². The Kier molecular flexibility index (Phi) is 3.88. The second-order valence-electron chi connectivity index (χ2n) is 3.30. The molecule has 0 fully saturated rings. The maximum Gasteiger partial charge on any atom is 0.335 e. The van der Waals surface area contributed by atoms with Crippen molar-refractivity contribution in [2.45, 2.75) is 6.54 Å². The van der Waals surface area contributed by atoms with Gasteiger partial charge in [0.2, 0.25) is 5.82 Å². The second-order valence-corrected chi connectivity index (χ2v) is 3.84. The standard InChI is InChI=1S/C11H7IN4O2/c12-6-1-7-16-14-10(13-15-16)8-2-4-9(5-3-8)11(17)18/h2-5H,7H2,(H,17,18). The van der Waals surface area contributed by atoms with E-state index in [1.54, 1.807) is 12.1 Å². The molecule has 0 spiro atoms. The van der Waals surface area contributed by atoms with Gasteiger partial charge >= 0.3 is 5.97 Å². The normalized spacial score (nSPS) is 9.61. The second kappa shape index (κ2) is 5.59. The van der Waals surface area contributed by atoms with Crippen LogP contribution < -0.4 is 0 Å². The molecule has 6 nitrogen and oxygen atoms in total. The van der Waals surface area contributed by atoms with Crippen LogP contribution >= 0.6 is 22.6 Å². The van der Waals surface area contributed by atoms with Gasteiger partial charge in [0.1, 0.15) is 6.54 Å². The van der Waals surface area contributed by atoms with Gasteiger partial charge in [0.15, 0.2) is 0 Å². The van der Waals surface area contributed by atoms with Crippen molar-refractivity contribution in [1.82, 2.24) is 20.2 Å². The number of tetrazole rings is 1. The molecule has 0 amide bonds. The molecule has 0 saturated carbocycles. The lowest BCUT2D eigenvalue weighted by molar-refractivity contribution is 0.0697. The lowest BCUT2D eigenvalue weighted by atomic mass is 10.1. The van der Waals surface area contributed by atoms with E-state index in [4.69, 9.17) is 5.11 Å². The van der Waals surface area contributed by atoms with Crippen LogP contribution in [0.1, 0.15) is 10.4 Å². The number of hydrogen-bond acceptors (Lipinski definition) is 4. The third-order valence-corrected chi connectivity index (χ3v) is 2.51. The fourth-order valence-electron chi connectivity index (χ4n) is 1.29. The summed E-state index contributed by atoms with van der Waals surface area (Å²) in [6.07, 6.45) is 0. The van der Waals surface area contributed by atoms with Crippen LogP contribution in [0.15, 0.2) is 24.3 Å². The molecule has 1 aromatic heterocycles. The summed E-state index contributed by atoms with van der Waals surface area (Å²) in [5, 5.41) is 20.6. The molecule has 0 radical (unpaired) electrons. The molecule has 0 bridgehead atoms. The van der Waals surface area contributed by atoms with Crippen molar-refractivity contribution < 1.29 is 9.90 Å². The first kappa shape index (κ1) is 12.5. The van der Waals surface area contributed by atoms with E-state index < -0.39 is 5.97 Å². The van der Waals surface area contributed by atoms with Crippen LogP contribution in [0.2, 0.25) is 0 Å². The minimum absolute atomic E-state index is 0.224. The summed E-state index contributed by atoms with van der Waals surface area (Å²) in [4.78, 5) is 12.1. The fraction of sp³-hybridized carbons (Fsp3) is 0.0909. The van der Waals surface area contributed by atoms with Crippen molar-refractivity contribution in [3.63, 3.8) is 0 Å². The van der Waals surface area contributed by atoms with E-state index >= 15 is 0 Å². The molecule has 0 aliphatic carbocycles. The van der Waals surface area contributed by atoms with Crippen LogP contribution in [0.25, 0.3) is 11.4 Å². The zero-order chi connectivity index (χ0) is 13.0. The summed E-state index contributed by atoms with van der Waals surface area (Å²) in [5.74, 6) is 2.29. The van der Waals surface area contributed by atoms with Gasteiger partial charge in [0.25, 0.3) is 0 Å². The Morgan fingerprint density at radius 2 is 2.11 bits per heavy atom. The third-order valence-electron chi connectivity index (χ3n) is 2.13. The number of carboxylic acids is 1. The minimum atomic E-state index is -0.963. The topological polar surface area (TPSA) is 80.9 Å². The zero-order valence-electron chi connectivity index (χ0n) is 9.04. The molecule has 7 heteroatoms. The monoisotopic (exact) mass is 354 g/mol. The first-order valence-electron chi connectivity index (χ1n) is 4.91. The Bertz CT molecular complexity index is 624. The van der Waals surface area contributed by atoms with Crippen LogP contribution in [-0.4, -0.2) is 31.3 Å². The van der Waals surface area contributed by atoms with Crippen molar-refractivity contribution in [2.75, 3.05) is 0 Å². The predicted molar refractivity (Wildman–Crippen MR) is 72.0 cm³/mol. The van der Waals surface area contributed by atoms with Crippen molar-refractivity contribution in [3.8, 4) is 21.2 Å². The number of aromatic carboxylic acids is 1. The van der Waals surface area contributed by atoms with Gasteiger partial charge in [-0.05, 0) is 21.3 Å². The molecular formula is C11H7IN4O2. The van der Waals surface area contributed by atoms with Crippen LogP contribution in [0.3, 0.4) is 0 Å². The van der Waals surface area contributed by atoms with Crippen LogP contribution in [0, 0.1) is 9.85 Å². The molecule has 2 rings (SSSR count). The van der Waals surface area contributed by atoms with Crippen LogP contribution in [0.5, 0.6) is 0 Å². The highest BCUT2D eigenvalue weighted by atomic mass is 127. The Labute approximate surface area is 116 Å². The quantitative estimate of drug-likeness (QED) is 0.666. The van der Waals surface area contributed by atoms with Gasteiger partial charge in [0, 0.05) is 28.2 Å². The van der Waals surface area contributed by atoms with Gasteiger partial charge < -0.3 is 5.11 Å². The molecule has 0 saturated heterocycles. The van der Waals surface area contributed by atoms with Gasteiger partial charge in [-0.3, -0.25) is 0 Å². The summed E-state index contributed by atoms with van der Waals surface area (Å²) in [6.45, 7) is 0.378. The van der Waals surface area contributed by atoms with E-state index in [0.29, 0.717) is 17.9 Å². The van der Waals surface area contributed by atoms with Crippen molar-refractivity contribution in [1.29, 1.82) is 0 Å². The summed E-state index contributed by atoms with van der Waals surface area (Å²) < 4.78 is 2.71. The number of carboxylic acid groups (broad SMARTS) is 1. The van der Waals surface area contributed by atoms with Gasteiger partial charge in [-0.25, -0.2) is 4.79 Å². The van der Waals surface area contributed by atoms with Gasteiger partial charge in [-0.15, -0.1) is 10.2 Å². The molecule has 2 aromatic rings. The average Bonchev–Trinajstić information content (AvgIpc) is 2.85. The van der Waals surface area contributed by atoms with E-state index in [0.717, 1.165) is 0 Å². The molecule has 1 N–H and O–H groups in total. The van der Waals surface area contributed by atoms with Gasteiger partial charge in [-0.1, -0.05) is 18.1 Å². The molecule has 0 aliphatic heterocycles. The number of hydrogen-bond donors (Lipinski definition) is 1. The number of benzene rings is 1. The lowest BCUT2D eigenvalue weighted by Gasteiger charge is -1.96. The van der Waals surface area contributed by atoms with E-state index in [1.165, 1.54) is 16.9 Å². The molecule has 0 atom stereocenters. The Hall–Kier alpha value is -1.95. The van der Waals surface area contributed by atoms with Crippen LogP contribution in [0.4, 0.5) is 0 Å². The Balaban J connectivity index is 2.22. The molecule has 1 heterocycles. The number of aromatic nitrogens is 4. The molecule has 0 aliphatic rings. The summed E-state index contributed by atoms with van der Waals surface area (Å²) in [7, 11) is 0. The first-order chi connectivity index (χ1) is 8.70. The third kappa shape index (κ3) is 2.84. The molecule has 1 aromatic carbocycles. The highest BCUT2D eigenvalue weighted by Crippen LogP contribution is 2.14.